The van der Waals surface area contributed by atoms with Crippen molar-refractivity contribution in [1.82, 2.24) is 4.98 Å². The van der Waals surface area contributed by atoms with Gasteiger partial charge in [-0.25, -0.2) is 14.8 Å². The molecule has 4 aliphatic heterocycles. The monoisotopic (exact) mass is 391 g/mol. The van der Waals surface area contributed by atoms with Gasteiger partial charge in [-0.1, -0.05) is 20.8 Å². The predicted molar refractivity (Wildman–Crippen MR) is 103 cm³/mol. The Morgan fingerprint density at radius 2 is 2.04 bits per heavy atom. The molecule has 0 radical (unpaired) electrons. The maximum atomic E-state index is 6.54. The lowest BCUT2D eigenvalue weighted by Gasteiger charge is -2.57. The second-order valence-corrected chi connectivity index (χ2v) is 10.1. The van der Waals surface area contributed by atoms with Crippen molar-refractivity contribution in [3.63, 3.8) is 0 Å². The molecule has 0 aromatic carbocycles. The molecule has 2 bridgehead atoms. The van der Waals surface area contributed by atoms with Gasteiger partial charge in [0.05, 0.1) is 5.69 Å². The fraction of sp³-hybridized carbons (Fsp3) is 0.762. The van der Waals surface area contributed by atoms with Crippen LogP contribution in [-0.2, 0) is 19.2 Å². The first-order chi connectivity index (χ1) is 12.8. The Hall–Kier alpha value is -0.950. The number of hydrogen-bond acceptors (Lipinski definition) is 6. The summed E-state index contributed by atoms with van der Waals surface area (Å²) < 4.78 is 12.9. The van der Waals surface area contributed by atoms with Crippen LogP contribution in [-0.4, -0.2) is 22.7 Å². The summed E-state index contributed by atoms with van der Waals surface area (Å²) >= 11 is 1.66. The van der Waals surface area contributed by atoms with Gasteiger partial charge < -0.3 is 9.47 Å². The third kappa shape index (κ3) is 2.49. The number of hydrogen-bond donors (Lipinski definition) is 0. The number of rotatable bonds is 2. The zero-order chi connectivity index (χ0) is 19.0. The molecule has 4 fully saturated rings. The quantitative estimate of drug-likeness (QED) is 0.645. The summed E-state index contributed by atoms with van der Waals surface area (Å²) in [6, 6.07) is 0. The highest BCUT2D eigenvalue weighted by atomic mass is 32.1. The van der Waals surface area contributed by atoms with Crippen LogP contribution < -0.4 is 0 Å². The van der Waals surface area contributed by atoms with Crippen LogP contribution in [0.2, 0.25) is 0 Å². The van der Waals surface area contributed by atoms with Gasteiger partial charge in [0.25, 0.3) is 0 Å². The molecule has 6 rings (SSSR count). The number of ether oxygens (including phenoxy) is 2. The van der Waals surface area contributed by atoms with Crippen LogP contribution in [0.4, 0.5) is 0 Å². The van der Waals surface area contributed by atoms with Gasteiger partial charge in [-0.2, -0.15) is 0 Å². The van der Waals surface area contributed by atoms with Crippen LogP contribution in [0, 0.1) is 17.8 Å². The molecule has 0 amide bonds. The van der Waals surface area contributed by atoms with Gasteiger partial charge in [0.2, 0.25) is 12.1 Å². The molecule has 5 heterocycles. The lowest BCUT2D eigenvalue weighted by Crippen LogP contribution is -2.66. The molecule has 1 aromatic rings. The Balaban J connectivity index is 1.62. The third-order valence-corrected chi connectivity index (χ3v) is 7.99. The summed E-state index contributed by atoms with van der Waals surface area (Å²) in [5.74, 6) is 1.75. The summed E-state index contributed by atoms with van der Waals surface area (Å²) in [5.41, 5.74) is 1.80. The van der Waals surface area contributed by atoms with Crippen LogP contribution in [0.3, 0.4) is 0 Å². The summed E-state index contributed by atoms with van der Waals surface area (Å²) in [5, 5.41) is 3.09. The van der Waals surface area contributed by atoms with Crippen molar-refractivity contribution < 1.29 is 19.2 Å². The molecule has 1 aliphatic carbocycles. The van der Waals surface area contributed by atoms with Gasteiger partial charge in [-0.15, -0.1) is 11.3 Å². The molecule has 0 unspecified atom stereocenters. The van der Waals surface area contributed by atoms with E-state index in [0.717, 1.165) is 35.7 Å². The van der Waals surface area contributed by atoms with Gasteiger partial charge in [-0.05, 0) is 50.5 Å². The van der Waals surface area contributed by atoms with E-state index < -0.39 is 17.7 Å². The Morgan fingerprint density at radius 3 is 2.78 bits per heavy atom. The molecular formula is C21H29NO4S. The lowest BCUT2D eigenvalue weighted by atomic mass is 9.59. The predicted octanol–water partition coefficient (Wildman–Crippen LogP) is 5.24. The molecule has 6 heteroatoms. The van der Waals surface area contributed by atoms with Gasteiger partial charge >= 0.3 is 0 Å². The van der Waals surface area contributed by atoms with Crippen LogP contribution >= 0.6 is 11.3 Å². The molecule has 148 valence electrons. The highest BCUT2D eigenvalue weighted by Gasteiger charge is 2.68. The molecule has 1 saturated carbocycles. The highest BCUT2D eigenvalue weighted by molar-refractivity contribution is 7.10. The first-order valence-corrected chi connectivity index (χ1v) is 11.1. The van der Waals surface area contributed by atoms with Crippen molar-refractivity contribution >= 4 is 17.1 Å². The summed E-state index contributed by atoms with van der Waals surface area (Å²) in [6.07, 6.45) is 3.70. The second-order valence-electron chi connectivity index (χ2n) is 9.22. The second kappa shape index (κ2) is 6.02. The van der Waals surface area contributed by atoms with E-state index in [1.807, 2.05) is 6.92 Å². The Morgan fingerprint density at radius 1 is 1.22 bits per heavy atom. The number of aromatic nitrogens is 1. The van der Waals surface area contributed by atoms with E-state index in [2.05, 4.69) is 33.1 Å². The number of fused-ring (bicyclic) bond motifs is 2. The van der Waals surface area contributed by atoms with E-state index in [4.69, 9.17) is 24.2 Å². The number of nitrogens with zero attached hydrogens (tertiary/aromatic N) is 1. The first kappa shape index (κ1) is 18.1. The average Bonchev–Trinajstić information content (AvgIpc) is 3.01. The molecular weight excluding hydrogens is 362 g/mol. The summed E-state index contributed by atoms with van der Waals surface area (Å²) in [6.45, 7) is 10.8. The van der Waals surface area contributed by atoms with Gasteiger partial charge in [0, 0.05) is 23.6 Å². The minimum absolute atomic E-state index is 0.237. The van der Waals surface area contributed by atoms with E-state index in [1.165, 1.54) is 12.0 Å². The molecule has 5 aliphatic rings. The lowest BCUT2D eigenvalue weighted by molar-refractivity contribution is -0.553. The van der Waals surface area contributed by atoms with E-state index >= 15 is 0 Å². The molecule has 1 aromatic heterocycles. The summed E-state index contributed by atoms with van der Waals surface area (Å²) in [4.78, 5) is 16.9. The zero-order valence-corrected chi connectivity index (χ0v) is 17.6. The van der Waals surface area contributed by atoms with Crippen LogP contribution in [0.15, 0.2) is 11.0 Å². The molecule has 0 N–H and O–H groups in total. The van der Waals surface area contributed by atoms with Crippen molar-refractivity contribution in [2.45, 2.75) is 83.9 Å². The SMILES string of the molecule is CC1=C(c2nc(C(C)C)cs2)O[C@@H]2O[C@@]3(C)CC[C@H]4[C@H](C)CC[C@@H]1[C@@]24OO3. The topological polar surface area (TPSA) is 49.8 Å². The maximum absolute atomic E-state index is 6.54. The number of thiazole rings is 1. The van der Waals surface area contributed by atoms with Crippen molar-refractivity contribution in [1.29, 1.82) is 0 Å². The largest absolute Gasteiger partial charge is 0.458 e. The van der Waals surface area contributed by atoms with E-state index in [1.54, 1.807) is 11.3 Å². The smallest absolute Gasteiger partial charge is 0.236 e. The zero-order valence-electron chi connectivity index (χ0n) is 16.8. The van der Waals surface area contributed by atoms with Crippen molar-refractivity contribution in [2.75, 3.05) is 0 Å². The highest BCUT2D eigenvalue weighted by Crippen LogP contribution is 2.61. The van der Waals surface area contributed by atoms with Crippen molar-refractivity contribution in [3.8, 4) is 0 Å². The Kier molecular flexibility index (Phi) is 4.04. The molecule has 27 heavy (non-hydrogen) atoms. The van der Waals surface area contributed by atoms with Crippen LogP contribution in [0.5, 0.6) is 0 Å². The summed E-state index contributed by atoms with van der Waals surface area (Å²) in [7, 11) is 0. The Bertz CT molecular complexity index is 789. The first-order valence-electron chi connectivity index (χ1n) is 10.2. The van der Waals surface area contributed by atoms with Crippen LogP contribution in [0.1, 0.15) is 76.9 Å². The normalized spacial score (nSPS) is 43.5. The molecule has 3 saturated heterocycles. The van der Waals surface area contributed by atoms with E-state index in [-0.39, 0.29) is 5.92 Å². The standard InChI is InChI=1S/C21H29NO4S/c1-11(2)16-10-27-18(22-16)17-13(4)15-7-6-12(3)14-8-9-20(5)24-19(23-17)21(14,15)26-25-20/h10-12,14-15,19H,6-9H2,1-5H3/t12-,14+,15+,19-,20-,21-/m1/s1. The van der Waals surface area contributed by atoms with Gasteiger partial charge in [0.15, 0.2) is 16.4 Å². The fourth-order valence-corrected chi connectivity index (χ4v) is 6.52. The van der Waals surface area contributed by atoms with E-state index in [9.17, 15) is 0 Å². The van der Waals surface area contributed by atoms with E-state index in [0.29, 0.717) is 17.8 Å². The molecule has 6 atom stereocenters. The molecule has 5 nitrogen and oxygen atoms in total. The van der Waals surface area contributed by atoms with Crippen LogP contribution in [0.25, 0.3) is 5.76 Å². The van der Waals surface area contributed by atoms with Crippen molar-refractivity contribution in [2.24, 2.45) is 17.8 Å². The third-order valence-electron chi connectivity index (χ3n) is 7.13. The fourth-order valence-electron chi connectivity index (χ4n) is 5.49. The Labute approximate surface area is 165 Å². The van der Waals surface area contributed by atoms with Crippen molar-refractivity contribution in [3.05, 3.63) is 21.7 Å². The van der Waals surface area contributed by atoms with Gasteiger partial charge in [0.1, 0.15) is 0 Å². The minimum Gasteiger partial charge on any atom is -0.458 e. The maximum Gasteiger partial charge on any atom is 0.236 e. The minimum atomic E-state index is -0.736. The molecule has 1 spiro atoms. The average molecular weight is 392 g/mol. The van der Waals surface area contributed by atoms with Gasteiger partial charge in [-0.3, -0.25) is 0 Å².